The van der Waals surface area contributed by atoms with Gasteiger partial charge in [-0.3, -0.25) is 4.57 Å². The van der Waals surface area contributed by atoms with Gasteiger partial charge in [-0.2, -0.15) is 4.68 Å². The number of aromatic nitrogens is 3. The van der Waals surface area contributed by atoms with Crippen molar-refractivity contribution in [2.75, 3.05) is 26.3 Å². The molecule has 2 aromatic carbocycles. The third kappa shape index (κ3) is 4.71. The Hall–Kier alpha value is -1.90. The van der Waals surface area contributed by atoms with Gasteiger partial charge in [-0.05, 0) is 49.0 Å². The highest BCUT2D eigenvalue weighted by molar-refractivity contribution is 7.71. The van der Waals surface area contributed by atoms with E-state index in [1.54, 1.807) is 18.2 Å². The van der Waals surface area contributed by atoms with Crippen LogP contribution in [0.15, 0.2) is 42.5 Å². The van der Waals surface area contributed by atoms with E-state index >= 15 is 0 Å². The third-order valence-electron chi connectivity index (χ3n) is 5.09. The number of aryl methyl sites for hydroxylation is 1. The molecule has 0 saturated carbocycles. The molecular formula is C21H23Cl2N4O2S+. The van der Waals surface area contributed by atoms with Crippen LogP contribution >= 0.6 is 35.4 Å². The maximum Gasteiger partial charge on any atom is 0.207 e. The zero-order valence-corrected chi connectivity index (χ0v) is 18.9. The summed E-state index contributed by atoms with van der Waals surface area (Å²) < 4.78 is 15.9. The van der Waals surface area contributed by atoms with E-state index in [1.807, 2.05) is 27.4 Å². The van der Waals surface area contributed by atoms with Crippen molar-refractivity contribution in [2.24, 2.45) is 0 Å². The average Bonchev–Trinajstić information content (AvgIpc) is 3.03. The fraction of sp³-hybridized carbons (Fsp3) is 0.333. The first kappa shape index (κ1) is 21.3. The normalized spacial score (nSPS) is 14.8. The number of nitrogens with zero attached hydrogens (tertiary/aromatic N) is 3. The van der Waals surface area contributed by atoms with Gasteiger partial charge in [0.05, 0.1) is 23.9 Å². The number of nitrogens with one attached hydrogen (secondary N) is 1. The molecule has 1 fully saturated rings. The lowest BCUT2D eigenvalue weighted by molar-refractivity contribution is -0.930. The molecule has 0 spiro atoms. The van der Waals surface area contributed by atoms with Crippen LogP contribution in [0.3, 0.4) is 0 Å². The molecule has 4 rings (SSSR count). The van der Waals surface area contributed by atoms with Gasteiger partial charge >= 0.3 is 0 Å². The van der Waals surface area contributed by atoms with Crippen LogP contribution < -0.4 is 9.64 Å². The summed E-state index contributed by atoms with van der Waals surface area (Å²) in [7, 11) is 0. The number of para-hydroxylation sites is 1. The highest BCUT2D eigenvalue weighted by atomic mass is 35.5. The molecule has 1 aromatic heterocycles. The molecule has 0 radical (unpaired) electrons. The highest BCUT2D eigenvalue weighted by Gasteiger charge is 2.20. The van der Waals surface area contributed by atoms with Gasteiger partial charge < -0.3 is 14.4 Å². The van der Waals surface area contributed by atoms with Gasteiger partial charge in [0.1, 0.15) is 25.4 Å². The summed E-state index contributed by atoms with van der Waals surface area (Å²) >= 11 is 18.1. The first-order valence-electron chi connectivity index (χ1n) is 9.77. The lowest BCUT2D eigenvalue weighted by Gasteiger charge is -2.23. The van der Waals surface area contributed by atoms with Gasteiger partial charge in [0.15, 0.2) is 12.5 Å². The van der Waals surface area contributed by atoms with Gasteiger partial charge in [0.25, 0.3) is 0 Å². The topological polar surface area (TPSA) is 45.7 Å². The summed E-state index contributed by atoms with van der Waals surface area (Å²) in [5.74, 6) is 1.27. The molecule has 30 heavy (non-hydrogen) atoms. The zero-order valence-electron chi connectivity index (χ0n) is 16.6. The van der Waals surface area contributed by atoms with Crippen LogP contribution in [0, 0.1) is 11.7 Å². The standard InChI is InChI=1S/C21H22Cl2N4O2S/c1-15-4-2-3-5-18(15)27-20(13-29-19-7-6-16(22)12-17(19)23)24-26(21(27)30)14-25-8-10-28-11-9-25/h2-7,12H,8-11,13-14H2,1H3/p+1. The van der Waals surface area contributed by atoms with Crippen molar-refractivity contribution in [3.05, 3.63) is 68.7 Å². The Kier molecular flexibility index (Phi) is 6.75. The van der Waals surface area contributed by atoms with Crippen LogP contribution in [0.1, 0.15) is 11.4 Å². The molecule has 2 heterocycles. The molecule has 158 valence electrons. The minimum atomic E-state index is 0.227. The van der Waals surface area contributed by atoms with Crippen LogP contribution in [0.5, 0.6) is 5.75 Å². The number of ether oxygens (including phenoxy) is 2. The van der Waals surface area contributed by atoms with Crippen LogP contribution in [0.2, 0.25) is 10.0 Å². The van der Waals surface area contributed by atoms with E-state index in [2.05, 4.69) is 13.0 Å². The second kappa shape index (κ2) is 9.49. The Morgan fingerprint density at radius 3 is 2.67 bits per heavy atom. The molecule has 1 aliphatic rings. The van der Waals surface area contributed by atoms with Crippen molar-refractivity contribution >= 4 is 35.4 Å². The molecule has 3 aromatic rings. The molecule has 0 unspecified atom stereocenters. The van der Waals surface area contributed by atoms with Crippen molar-refractivity contribution < 1.29 is 14.4 Å². The lowest BCUT2D eigenvalue weighted by atomic mass is 10.2. The molecule has 0 atom stereocenters. The van der Waals surface area contributed by atoms with Crippen molar-refractivity contribution in [1.82, 2.24) is 14.3 Å². The van der Waals surface area contributed by atoms with Crippen LogP contribution in [-0.2, 0) is 18.0 Å². The Bertz CT molecular complexity index is 1090. The molecule has 0 bridgehead atoms. The second-order valence-corrected chi connectivity index (χ2v) is 8.41. The van der Waals surface area contributed by atoms with Gasteiger partial charge in [0.2, 0.25) is 4.77 Å². The van der Waals surface area contributed by atoms with E-state index in [0.717, 1.165) is 37.6 Å². The monoisotopic (exact) mass is 465 g/mol. The summed E-state index contributed by atoms with van der Waals surface area (Å²) in [6, 6.07) is 13.3. The Labute approximate surface area is 190 Å². The summed E-state index contributed by atoms with van der Waals surface area (Å²) in [6.45, 7) is 6.36. The summed E-state index contributed by atoms with van der Waals surface area (Å²) in [5, 5.41) is 5.83. The van der Waals surface area contributed by atoms with Crippen molar-refractivity contribution in [1.29, 1.82) is 0 Å². The van der Waals surface area contributed by atoms with Gasteiger partial charge in [0, 0.05) is 5.02 Å². The smallest absolute Gasteiger partial charge is 0.207 e. The molecule has 1 aliphatic heterocycles. The zero-order chi connectivity index (χ0) is 21.1. The van der Waals surface area contributed by atoms with Gasteiger partial charge in [-0.15, -0.1) is 5.10 Å². The quantitative estimate of drug-likeness (QED) is 0.566. The highest BCUT2D eigenvalue weighted by Crippen LogP contribution is 2.28. The van der Waals surface area contributed by atoms with Crippen molar-refractivity contribution in [3.63, 3.8) is 0 Å². The summed E-state index contributed by atoms with van der Waals surface area (Å²) in [6.07, 6.45) is 0. The molecule has 6 nitrogen and oxygen atoms in total. The SMILES string of the molecule is Cc1ccccc1-n1c(COc2ccc(Cl)cc2Cl)nn(C[NH+]2CCOCC2)c1=S. The lowest BCUT2D eigenvalue weighted by Crippen LogP contribution is -3.13. The second-order valence-electron chi connectivity index (χ2n) is 7.20. The van der Waals surface area contributed by atoms with Crippen LogP contribution in [0.4, 0.5) is 0 Å². The number of hydrogen-bond acceptors (Lipinski definition) is 4. The largest absolute Gasteiger partial charge is 0.484 e. The fourth-order valence-corrected chi connectivity index (χ4v) is 4.24. The molecule has 0 amide bonds. The van der Waals surface area contributed by atoms with E-state index in [1.165, 1.54) is 4.90 Å². The Morgan fingerprint density at radius 2 is 1.93 bits per heavy atom. The Balaban J connectivity index is 1.67. The van der Waals surface area contributed by atoms with Gasteiger partial charge in [-0.25, -0.2) is 0 Å². The van der Waals surface area contributed by atoms with E-state index in [0.29, 0.717) is 33.1 Å². The van der Waals surface area contributed by atoms with Crippen molar-refractivity contribution in [3.8, 4) is 11.4 Å². The summed E-state index contributed by atoms with van der Waals surface area (Å²) in [4.78, 5) is 1.39. The van der Waals surface area contributed by atoms with Gasteiger partial charge in [-0.1, -0.05) is 41.4 Å². The van der Waals surface area contributed by atoms with E-state index in [9.17, 15) is 0 Å². The van der Waals surface area contributed by atoms with Crippen LogP contribution in [-0.4, -0.2) is 40.7 Å². The Morgan fingerprint density at radius 1 is 1.17 bits per heavy atom. The number of quaternary nitrogens is 1. The maximum atomic E-state index is 6.27. The molecule has 1 N–H and O–H groups in total. The predicted molar refractivity (Wildman–Crippen MR) is 119 cm³/mol. The number of morpholine rings is 1. The molecular weight excluding hydrogens is 443 g/mol. The number of halogens is 2. The molecule has 9 heteroatoms. The van der Waals surface area contributed by atoms with Crippen molar-refractivity contribution in [2.45, 2.75) is 20.2 Å². The number of rotatable bonds is 6. The molecule has 0 aliphatic carbocycles. The average molecular weight is 466 g/mol. The maximum absolute atomic E-state index is 6.27. The third-order valence-corrected chi connectivity index (χ3v) is 6.01. The minimum absolute atomic E-state index is 0.227. The fourth-order valence-electron chi connectivity index (χ4n) is 3.47. The first-order valence-corrected chi connectivity index (χ1v) is 10.9. The molecule has 1 saturated heterocycles. The van der Waals surface area contributed by atoms with E-state index in [4.69, 9.17) is 50.0 Å². The van der Waals surface area contributed by atoms with E-state index < -0.39 is 0 Å². The first-order chi connectivity index (χ1) is 14.5. The number of benzene rings is 2. The summed E-state index contributed by atoms with van der Waals surface area (Å²) in [5.41, 5.74) is 2.10. The van der Waals surface area contributed by atoms with E-state index in [-0.39, 0.29) is 6.61 Å². The minimum Gasteiger partial charge on any atom is -0.484 e. The number of hydrogen-bond donors (Lipinski definition) is 1. The van der Waals surface area contributed by atoms with Crippen LogP contribution in [0.25, 0.3) is 5.69 Å². The predicted octanol–water partition coefficient (Wildman–Crippen LogP) is 3.47.